The van der Waals surface area contributed by atoms with Gasteiger partial charge in [-0.3, -0.25) is 4.90 Å². The van der Waals surface area contributed by atoms with Crippen molar-refractivity contribution in [1.82, 2.24) is 10.2 Å². The fraction of sp³-hybridized carbons (Fsp3) is 0.667. The fourth-order valence-corrected chi connectivity index (χ4v) is 3.25. The molecule has 2 nitrogen and oxygen atoms in total. The molecule has 0 saturated carbocycles. The molecule has 2 rings (SSSR count). The molecule has 0 unspecified atom stereocenters. The summed E-state index contributed by atoms with van der Waals surface area (Å²) in [4.78, 5) is 2.64. The minimum absolute atomic E-state index is 0.616. The molecule has 0 aliphatic carbocycles. The van der Waals surface area contributed by atoms with Gasteiger partial charge in [0.25, 0.3) is 0 Å². The number of hydrogen-bond acceptors (Lipinski definition) is 2. The summed E-state index contributed by atoms with van der Waals surface area (Å²) in [6, 6.07) is 7.55. The standard InChI is InChI=1S/C18H30N2/c1-14(2)20(12-17-5-7-19-8-6-17)13-18-10-15(3)9-16(4)11-18/h9-11,14,17,19H,5-8,12-13H2,1-4H3. The van der Waals surface area contributed by atoms with Crippen LogP contribution in [0.1, 0.15) is 43.4 Å². The maximum Gasteiger partial charge on any atom is 0.0236 e. The average Bonchev–Trinajstić information content (AvgIpc) is 2.38. The second-order valence-corrected chi connectivity index (χ2v) is 6.71. The molecule has 1 aromatic rings. The van der Waals surface area contributed by atoms with E-state index in [9.17, 15) is 0 Å². The number of aryl methyl sites for hydroxylation is 2. The Morgan fingerprint density at radius 3 is 2.25 bits per heavy atom. The maximum absolute atomic E-state index is 3.46. The van der Waals surface area contributed by atoms with Gasteiger partial charge < -0.3 is 5.32 Å². The minimum atomic E-state index is 0.616. The van der Waals surface area contributed by atoms with E-state index in [0.29, 0.717) is 6.04 Å². The van der Waals surface area contributed by atoms with E-state index in [1.165, 1.54) is 49.2 Å². The molecule has 0 radical (unpaired) electrons. The summed E-state index contributed by atoms with van der Waals surface area (Å²) in [6.07, 6.45) is 2.66. The first-order valence-electron chi connectivity index (χ1n) is 8.06. The van der Waals surface area contributed by atoms with Crippen molar-refractivity contribution in [2.45, 2.75) is 53.1 Å². The van der Waals surface area contributed by atoms with Gasteiger partial charge in [-0.25, -0.2) is 0 Å². The molecule has 1 fully saturated rings. The van der Waals surface area contributed by atoms with Crippen molar-refractivity contribution < 1.29 is 0 Å². The van der Waals surface area contributed by atoms with Gasteiger partial charge in [-0.15, -0.1) is 0 Å². The van der Waals surface area contributed by atoms with Crippen LogP contribution in [0.4, 0.5) is 0 Å². The van der Waals surface area contributed by atoms with Gasteiger partial charge in [-0.05, 0) is 65.1 Å². The summed E-state index contributed by atoms with van der Waals surface area (Å²) in [5.74, 6) is 0.865. The highest BCUT2D eigenvalue weighted by atomic mass is 15.1. The molecule has 1 N–H and O–H groups in total. The third kappa shape index (κ3) is 4.60. The number of hydrogen-bond donors (Lipinski definition) is 1. The Morgan fingerprint density at radius 1 is 1.10 bits per heavy atom. The molecule has 20 heavy (non-hydrogen) atoms. The van der Waals surface area contributed by atoms with Gasteiger partial charge in [0, 0.05) is 19.1 Å². The SMILES string of the molecule is Cc1cc(C)cc(CN(CC2CCNCC2)C(C)C)c1. The molecule has 1 aromatic carbocycles. The molecule has 1 saturated heterocycles. The first-order valence-corrected chi connectivity index (χ1v) is 8.06. The predicted octanol–water partition coefficient (Wildman–Crippen LogP) is 3.51. The second-order valence-electron chi connectivity index (χ2n) is 6.71. The summed E-state index contributed by atoms with van der Waals surface area (Å²) >= 11 is 0. The number of piperidine rings is 1. The largest absolute Gasteiger partial charge is 0.317 e. The first kappa shape index (κ1) is 15.5. The lowest BCUT2D eigenvalue weighted by Gasteiger charge is -2.33. The van der Waals surface area contributed by atoms with Crippen LogP contribution in [0.2, 0.25) is 0 Å². The Morgan fingerprint density at radius 2 is 1.70 bits per heavy atom. The van der Waals surface area contributed by atoms with Gasteiger partial charge in [0.15, 0.2) is 0 Å². The molecule has 0 bridgehead atoms. The van der Waals surface area contributed by atoms with Crippen molar-refractivity contribution in [1.29, 1.82) is 0 Å². The normalized spacial score (nSPS) is 17.1. The molecular formula is C18H30N2. The molecule has 1 heterocycles. The summed E-state index contributed by atoms with van der Waals surface area (Å²) in [5, 5.41) is 3.46. The minimum Gasteiger partial charge on any atom is -0.317 e. The van der Waals surface area contributed by atoms with Crippen molar-refractivity contribution in [3.63, 3.8) is 0 Å². The Bertz CT molecular complexity index is 399. The average molecular weight is 274 g/mol. The van der Waals surface area contributed by atoms with Crippen LogP contribution in [-0.4, -0.2) is 30.6 Å². The van der Waals surface area contributed by atoms with Crippen molar-refractivity contribution in [3.05, 3.63) is 34.9 Å². The lowest BCUT2D eigenvalue weighted by atomic mass is 9.96. The topological polar surface area (TPSA) is 15.3 Å². The number of benzene rings is 1. The van der Waals surface area contributed by atoms with Gasteiger partial charge in [-0.2, -0.15) is 0 Å². The van der Waals surface area contributed by atoms with Gasteiger partial charge in [0.1, 0.15) is 0 Å². The van der Waals surface area contributed by atoms with E-state index in [0.717, 1.165) is 12.5 Å². The monoisotopic (exact) mass is 274 g/mol. The van der Waals surface area contributed by atoms with E-state index < -0.39 is 0 Å². The Balaban J connectivity index is 2.00. The molecule has 1 aliphatic rings. The zero-order valence-corrected chi connectivity index (χ0v) is 13.6. The van der Waals surface area contributed by atoms with E-state index in [1.807, 2.05) is 0 Å². The first-order chi connectivity index (χ1) is 9.54. The van der Waals surface area contributed by atoms with E-state index >= 15 is 0 Å². The second kappa shape index (κ2) is 7.24. The van der Waals surface area contributed by atoms with Crippen molar-refractivity contribution in [2.75, 3.05) is 19.6 Å². The Hall–Kier alpha value is -0.860. The quantitative estimate of drug-likeness (QED) is 0.884. The number of rotatable bonds is 5. The summed E-state index contributed by atoms with van der Waals surface area (Å²) in [5.41, 5.74) is 4.22. The van der Waals surface area contributed by atoms with Crippen LogP contribution in [0.3, 0.4) is 0 Å². The van der Waals surface area contributed by atoms with E-state index in [-0.39, 0.29) is 0 Å². The molecule has 0 amide bonds. The molecule has 0 aromatic heterocycles. The predicted molar refractivity (Wildman–Crippen MR) is 87.1 cm³/mol. The van der Waals surface area contributed by atoms with Crippen LogP contribution in [-0.2, 0) is 6.54 Å². The highest BCUT2D eigenvalue weighted by Crippen LogP contribution is 2.18. The third-order valence-electron chi connectivity index (χ3n) is 4.35. The van der Waals surface area contributed by atoms with E-state index in [1.54, 1.807) is 0 Å². The molecule has 1 aliphatic heterocycles. The smallest absolute Gasteiger partial charge is 0.0236 e. The van der Waals surface area contributed by atoms with Crippen molar-refractivity contribution in [2.24, 2.45) is 5.92 Å². The van der Waals surface area contributed by atoms with Gasteiger partial charge in [0.05, 0.1) is 0 Å². The van der Waals surface area contributed by atoms with Crippen molar-refractivity contribution >= 4 is 0 Å². The number of nitrogens with one attached hydrogen (secondary N) is 1. The van der Waals surface area contributed by atoms with Crippen LogP contribution in [0, 0.1) is 19.8 Å². The summed E-state index contributed by atoms with van der Waals surface area (Å²) in [6.45, 7) is 13.8. The Labute approximate surface area is 124 Å². The van der Waals surface area contributed by atoms with Gasteiger partial charge in [-0.1, -0.05) is 29.3 Å². The van der Waals surface area contributed by atoms with E-state index in [2.05, 4.69) is 56.1 Å². The lowest BCUT2D eigenvalue weighted by Crippen LogP contribution is -2.39. The van der Waals surface area contributed by atoms with Crippen LogP contribution < -0.4 is 5.32 Å². The molecule has 112 valence electrons. The summed E-state index contributed by atoms with van der Waals surface area (Å²) in [7, 11) is 0. The maximum atomic E-state index is 3.46. The van der Waals surface area contributed by atoms with Crippen LogP contribution >= 0.6 is 0 Å². The highest BCUT2D eigenvalue weighted by molar-refractivity contribution is 5.28. The molecule has 0 spiro atoms. The van der Waals surface area contributed by atoms with Gasteiger partial charge in [0.2, 0.25) is 0 Å². The fourth-order valence-electron chi connectivity index (χ4n) is 3.25. The molecular weight excluding hydrogens is 244 g/mol. The van der Waals surface area contributed by atoms with Crippen LogP contribution in [0.25, 0.3) is 0 Å². The molecule has 2 heteroatoms. The molecule has 0 atom stereocenters. The summed E-state index contributed by atoms with van der Waals surface area (Å²) < 4.78 is 0. The highest BCUT2D eigenvalue weighted by Gasteiger charge is 2.19. The lowest BCUT2D eigenvalue weighted by molar-refractivity contribution is 0.162. The van der Waals surface area contributed by atoms with E-state index in [4.69, 9.17) is 0 Å². The number of nitrogens with zero attached hydrogens (tertiary/aromatic N) is 1. The zero-order valence-electron chi connectivity index (χ0n) is 13.6. The zero-order chi connectivity index (χ0) is 14.5. The third-order valence-corrected chi connectivity index (χ3v) is 4.35. The van der Waals surface area contributed by atoms with Crippen LogP contribution in [0.5, 0.6) is 0 Å². The Kier molecular flexibility index (Phi) is 5.62. The van der Waals surface area contributed by atoms with Crippen LogP contribution in [0.15, 0.2) is 18.2 Å². The van der Waals surface area contributed by atoms with Crippen molar-refractivity contribution in [3.8, 4) is 0 Å². The van der Waals surface area contributed by atoms with Gasteiger partial charge >= 0.3 is 0 Å².